The molecule has 1 aliphatic carbocycles. The molecule has 1 aromatic carbocycles. The average molecular weight is 285 g/mol. The van der Waals surface area contributed by atoms with Crippen LogP contribution in [-0.4, -0.2) is 4.98 Å². The van der Waals surface area contributed by atoms with Crippen molar-refractivity contribution in [2.75, 3.05) is 0 Å². The summed E-state index contributed by atoms with van der Waals surface area (Å²) < 4.78 is 0. The monoisotopic (exact) mass is 285 g/mol. The summed E-state index contributed by atoms with van der Waals surface area (Å²) in [5, 5.41) is 3.57. The van der Waals surface area contributed by atoms with Crippen molar-refractivity contribution in [3.8, 4) is 11.3 Å². The number of aromatic nitrogens is 1. The van der Waals surface area contributed by atoms with Crippen LogP contribution in [-0.2, 0) is 0 Å². The van der Waals surface area contributed by atoms with Gasteiger partial charge in [-0.25, -0.2) is 4.98 Å². The summed E-state index contributed by atoms with van der Waals surface area (Å²) in [6.45, 7) is 4.73. The van der Waals surface area contributed by atoms with E-state index in [1.807, 2.05) is 11.3 Å². The quantitative estimate of drug-likeness (QED) is 0.700. The van der Waals surface area contributed by atoms with Gasteiger partial charge >= 0.3 is 0 Å². The Kier molecular flexibility index (Phi) is 4.21. The van der Waals surface area contributed by atoms with E-state index in [-0.39, 0.29) is 0 Å². The third-order valence-corrected chi connectivity index (χ3v) is 5.66. The lowest BCUT2D eigenvalue weighted by Crippen LogP contribution is -2.17. The molecule has 3 rings (SSSR count). The second-order valence-corrected chi connectivity index (χ2v) is 7.18. The molecule has 2 heteroatoms. The Labute approximate surface area is 126 Å². The van der Waals surface area contributed by atoms with Gasteiger partial charge in [-0.2, -0.15) is 0 Å². The second-order valence-electron chi connectivity index (χ2n) is 6.29. The van der Waals surface area contributed by atoms with Crippen LogP contribution in [0.15, 0.2) is 35.7 Å². The Balaban J connectivity index is 1.69. The highest BCUT2D eigenvalue weighted by Crippen LogP contribution is 2.40. The van der Waals surface area contributed by atoms with Gasteiger partial charge in [-0.1, -0.05) is 44.2 Å². The first-order chi connectivity index (χ1) is 9.74. The van der Waals surface area contributed by atoms with Crippen LogP contribution in [0, 0.1) is 11.8 Å². The molecule has 1 aliphatic rings. The normalized spacial score (nSPS) is 23.1. The fourth-order valence-corrected chi connectivity index (χ4v) is 4.25. The SMILES string of the molecule is CC(C)C1CCC(c2nc(-c3ccccc3)cs2)CC1. The predicted molar refractivity (Wildman–Crippen MR) is 87.1 cm³/mol. The molecule has 0 atom stereocenters. The summed E-state index contributed by atoms with van der Waals surface area (Å²) in [6.07, 6.45) is 5.40. The van der Waals surface area contributed by atoms with Crippen molar-refractivity contribution in [1.29, 1.82) is 0 Å². The van der Waals surface area contributed by atoms with E-state index in [1.165, 1.54) is 36.3 Å². The lowest BCUT2D eigenvalue weighted by atomic mass is 9.77. The molecule has 20 heavy (non-hydrogen) atoms. The molecule has 2 aromatic rings. The molecule has 0 amide bonds. The second kappa shape index (κ2) is 6.09. The van der Waals surface area contributed by atoms with Gasteiger partial charge in [0, 0.05) is 16.9 Å². The smallest absolute Gasteiger partial charge is 0.0963 e. The summed E-state index contributed by atoms with van der Waals surface area (Å²) >= 11 is 1.85. The van der Waals surface area contributed by atoms with Gasteiger partial charge < -0.3 is 0 Å². The van der Waals surface area contributed by atoms with E-state index >= 15 is 0 Å². The minimum Gasteiger partial charge on any atom is -0.241 e. The van der Waals surface area contributed by atoms with E-state index in [2.05, 4.69) is 49.6 Å². The van der Waals surface area contributed by atoms with Gasteiger partial charge in [0.15, 0.2) is 0 Å². The minimum absolute atomic E-state index is 0.701. The highest BCUT2D eigenvalue weighted by atomic mass is 32.1. The van der Waals surface area contributed by atoms with E-state index in [4.69, 9.17) is 4.98 Å². The molecule has 0 unspecified atom stereocenters. The van der Waals surface area contributed by atoms with Crippen molar-refractivity contribution >= 4 is 11.3 Å². The Hall–Kier alpha value is -1.15. The lowest BCUT2D eigenvalue weighted by molar-refractivity contribution is 0.258. The Morgan fingerprint density at radius 2 is 1.75 bits per heavy atom. The third-order valence-electron chi connectivity index (χ3n) is 4.66. The van der Waals surface area contributed by atoms with Gasteiger partial charge in [0.05, 0.1) is 10.7 Å². The fraction of sp³-hybridized carbons (Fsp3) is 0.500. The van der Waals surface area contributed by atoms with Crippen LogP contribution < -0.4 is 0 Å². The summed E-state index contributed by atoms with van der Waals surface area (Å²) in [5.41, 5.74) is 2.39. The Bertz CT molecular complexity index is 536. The van der Waals surface area contributed by atoms with E-state index in [0.29, 0.717) is 5.92 Å². The zero-order chi connectivity index (χ0) is 13.9. The number of rotatable bonds is 3. The molecule has 1 fully saturated rings. The minimum atomic E-state index is 0.701. The van der Waals surface area contributed by atoms with Crippen LogP contribution >= 0.6 is 11.3 Å². The van der Waals surface area contributed by atoms with Crippen LogP contribution in [0.1, 0.15) is 50.5 Å². The largest absolute Gasteiger partial charge is 0.241 e. The lowest BCUT2D eigenvalue weighted by Gasteiger charge is -2.29. The molecule has 1 heterocycles. The van der Waals surface area contributed by atoms with Crippen LogP contribution in [0.2, 0.25) is 0 Å². The van der Waals surface area contributed by atoms with Crippen LogP contribution in [0.25, 0.3) is 11.3 Å². The van der Waals surface area contributed by atoms with Crippen molar-refractivity contribution in [1.82, 2.24) is 4.98 Å². The molecule has 0 bridgehead atoms. The molecule has 0 spiro atoms. The molecule has 1 nitrogen and oxygen atoms in total. The van der Waals surface area contributed by atoms with Crippen molar-refractivity contribution < 1.29 is 0 Å². The summed E-state index contributed by atoms with van der Waals surface area (Å²) in [7, 11) is 0. The number of thiazole rings is 1. The van der Waals surface area contributed by atoms with Crippen LogP contribution in [0.5, 0.6) is 0 Å². The molecule has 1 aromatic heterocycles. The van der Waals surface area contributed by atoms with Gasteiger partial charge in [0.2, 0.25) is 0 Å². The van der Waals surface area contributed by atoms with Gasteiger partial charge in [-0.3, -0.25) is 0 Å². The summed E-state index contributed by atoms with van der Waals surface area (Å²) in [6, 6.07) is 10.5. The molecule has 0 saturated heterocycles. The molecule has 1 saturated carbocycles. The maximum Gasteiger partial charge on any atom is 0.0963 e. The van der Waals surface area contributed by atoms with E-state index in [9.17, 15) is 0 Å². The van der Waals surface area contributed by atoms with Crippen LogP contribution in [0.4, 0.5) is 0 Å². The van der Waals surface area contributed by atoms with Crippen molar-refractivity contribution in [2.45, 2.75) is 45.4 Å². The number of nitrogens with zero attached hydrogens (tertiary/aromatic N) is 1. The zero-order valence-corrected chi connectivity index (χ0v) is 13.2. The maximum atomic E-state index is 4.89. The van der Waals surface area contributed by atoms with E-state index < -0.39 is 0 Å². The number of hydrogen-bond donors (Lipinski definition) is 0. The highest BCUT2D eigenvalue weighted by Gasteiger charge is 2.26. The topological polar surface area (TPSA) is 12.9 Å². The van der Waals surface area contributed by atoms with Crippen molar-refractivity contribution in [3.63, 3.8) is 0 Å². The van der Waals surface area contributed by atoms with Crippen molar-refractivity contribution in [2.24, 2.45) is 11.8 Å². The maximum absolute atomic E-state index is 4.89. The summed E-state index contributed by atoms with van der Waals surface area (Å²) in [4.78, 5) is 4.89. The first kappa shape index (κ1) is 13.8. The van der Waals surface area contributed by atoms with Gasteiger partial charge in [-0.15, -0.1) is 11.3 Å². The Morgan fingerprint density at radius 3 is 2.40 bits per heavy atom. The molecular weight excluding hydrogens is 262 g/mol. The Morgan fingerprint density at radius 1 is 1.05 bits per heavy atom. The van der Waals surface area contributed by atoms with Gasteiger partial charge in [0.1, 0.15) is 0 Å². The summed E-state index contributed by atoms with van der Waals surface area (Å²) in [5.74, 6) is 2.47. The standard InChI is InChI=1S/C18H23NS/c1-13(2)14-8-10-16(11-9-14)18-19-17(12-20-18)15-6-4-3-5-7-15/h3-7,12-14,16H,8-11H2,1-2H3. The molecule has 0 N–H and O–H groups in total. The van der Waals surface area contributed by atoms with E-state index in [0.717, 1.165) is 17.5 Å². The van der Waals surface area contributed by atoms with Gasteiger partial charge in [-0.05, 0) is 37.5 Å². The number of hydrogen-bond acceptors (Lipinski definition) is 2. The average Bonchev–Trinajstić information content (AvgIpc) is 2.98. The van der Waals surface area contributed by atoms with Crippen LogP contribution in [0.3, 0.4) is 0 Å². The molecular formula is C18H23NS. The third kappa shape index (κ3) is 2.95. The van der Waals surface area contributed by atoms with Crippen molar-refractivity contribution in [3.05, 3.63) is 40.7 Å². The highest BCUT2D eigenvalue weighted by molar-refractivity contribution is 7.10. The van der Waals surface area contributed by atoms with E-state index in [1.54, 1.807) is 0 Å². The first-order valence-corrected chi connectivity index (χ1v) is 8.63. The first-order valence-electron chi connectivity index (χ1n) is 7.75. The zero-order valence-electron chi connectivity index (χ0n) is 12.4. The number of benzene rings is 1. The predicted octanol–water partition coefficient (Wildman–Crippen LogP) is 5.74. The van der Waals surface area contributed by atoms with Gasteiger partial charge in [0.25, 0.3) is 0 Å². The molecule has 0 radical (unpaired) electrons. The fourth-order valence-electron chi connectivity index (χ4n) is 3.25. The molecule has 106 valence electrons. The molecule has 0 aliphatic heterocycles.